The van der Waals surface area contributed by atoms with Gasteiger partial charge in [-0.05, 0) is 133 Å². The molecule has 0 aromatic heterocycles. The van der Waals surface area contributed by atoms with Crippen molar-refractivity contribution in [2.45, 2.75) is 97.7 Å². The first-order chi connectivity index (χ1) is 26.4. The number of benzene rings is 3. The molecule has 0 spiro atoms. The average Bonchev–Trinajstić information content (AvgIpc) is 3.15. The second-order valence-corrected chi connectivity index (χ2v) is 16.9. The maximum Gasteiger partial charge on any atom is 0.410 e. The van der Waals surface area contributed by atoms with E-state index in [2.05, 4.69) is 12.1 Å². The number of piperidine rings is 2. The monoisotopic (exact) mass is 772 g/mol. The molecule has 11 heteroatoms. The summed E-state index contributed by atoms with van der Waals surface area (Å²) in [6.45, 7) is 13.0. The van der Waals surface area contributed by atoms with Crippen molar-refractivity contribution in [3.63, 3.8) is 0 Å². The molecular weight excluding hydrogens is 718 g/mol. The molecule has 3 aromatic carbocycles. The number of nitriles is 2. The summed E-state index contributed by atoms with van der Waals surface area (Å²) in [5.74, 6) is -1.18. The van der Waals surface area contributed by atoms with Gasteiger partial charge in [0.15, 0.2) is 0 Å². The van der Waals surface area contributed by atoms with Gasteiger partial charge in [0, 0.05) is 26.2 Å². The third kappa shape index (κ3) is 12.5. The first-order valence-electron chi connectivity index (χ1n) is 19.4. The minimum atomic E-state index is -0.996. The second-order valence-electron chi connectivity index (χ2n) is 16.9. The van der Waals surface area contributed by atoms with Gasteiger partial charge in [-0.1, -0.05) is 54.6 Å². The van der Waals surface area contributed by atoms with Gasteiger partial charge < -0.3 is 19.3 Å². The van der Waals surface area contributed by atoms with Crippen molar-refractivity contribution in [2.24, 2.45) is 23.2 Å². The van der Waals surface area contributed by atoms with Crippen LogP contribution in [0.1, 0.15) is 83.9 Å². The van der Waals surface area contributed by atoms with E-state index in [1.54, 1.807) is 64.4 Å². The molecule has 0 N–H and O–H groups in total. The fourth-order valence-corrected chi connectivity index (χ4v) is 7.46. The van der Waals surface area contributed by atoms with Crippen molar-refractivity contribution in [1.82, 2.24) is 9.80 Å². The van der Waals surface area contributed by atoms with Gasteiger partial charge in [-0.25, -0.2) is 22.8 Å². The largest absolute Gasteiger partial charge is 0.444 e. The third-order valence-corrected chi connectivity index (χ3v) is 10.4. The van der Waals surface area contributed by atoms with Gasteiger partial charge in [-0.3, -0.25) is 0 Å². The summed E-state index contributed by atoms with van der Waals surface area (Å²) in [5.41, 5.74) is -0.614. The SMILES string of the molecule is CC(C)(C)OC(=O)N1CCC(C(C#N)(Cc2ccccc2F)Cc2ccccc2F)CC1.CC(C)(C)OC(=O)N1CCC(C(C#N)Cc2ccccc2F)CC1. The van der Waals surface area contributed by atoms with Crippen molar-refractivity contribution in [3.8, 4) is 12.1 Å². The molecule has 1 unspecified atom stereocenters. The highest BCUT2D eigenvalue weighted by Gasteiger charge is 2.43. The molecule has 2 fully saturated rings. The Hall–Kier alpha value is -5.03. The summed E-state index contributed by atoms with van der Waals surface area (Å²) in [6.07, 6.45) is 2.72. The normalized spacial score (nSPS) is 16.1. The molecule has 2 saturated heterocycles. The van der Waals surface area contributed by atoms with Gasteiger partial charge in [0.25, 0.3) is 0 Å². The first-order valence-corrected chi connectivity index (χ1v) is 19.4. The number of carbonyl (C=O) groups is 2. The number of nitrogens with zero attached hydrogens (tertiary/aromatic N) is 4. The Labute approximate surface area is 330 Å². The number of halogens is 3. The zero-order valence-corrected chi connectivity index (χ0v) is 33.5. The first kappa shape index (κ1) is 43.7. The van der Waals surface area contributed by atoms with Crippen LogP contribution in [-0.4, -0.2) is 59.4 Å². The number of carbonyl (C=O) groups excluding carboxylic acids is 2. The van der Waals surface area contributed by atoms with Crippen LogP contribution >= 0.6 is 0 Å². The molecule has 2 heterocycles. The number of likely N-dealkylation sites (tertiary alicyclic amines) is 2. The van der Waals surface area contributed by atoms with Gasteiger partial charge in [0.2, 0.25) is 0 Å². The summed E-state index contributed by atoms with van der Waals surface area (Å²) in [6, 6.07) is 24.2. The molecule has 0 radical (unpaired) electrons. The highest BCUT2D eigenvalue weighted by atomic mass is 19.1. The molecule has 300 valence electrons. The van der Waals surface area contributed by atoms with Gasteiger partial charge in [-0.15, -0.1) is 0 Å². The lowest BCUT2D eigenvalue weighted by Crippen LogP contribution is -2.46. The lowest BCUT2D eigenvalue weighted by molar-refractivity contribution is 0.0127. The van der Waals surface area contributed by atoms with E-state index in [0.717, 1.165) is 12.8 Å². The van der Waals surface area contributed by atoms with Crippen LogP contribution in [0.3, 0.4) is 0 Å². The van der Waals surface area contributed by atoms with Crippen LogP contribution in [0.15, 0.2) is 72.8 Å². The highest BCUT2D eigenvalue weighted by molar-refractivity contribution is 5.68. The summed E-state index contributed by atoms with van der Waals surface area (Å²) in [5, 5.41) is 19.8. The Morgan fingerprint density at radius 1 is 0.661 bits per heavy atom. The predicted molar refractivity (Wildman–Crippen MR) is 209 cm³/mol. The minimum Gasteiger partial charge on any atom is -0.444 e. The van der Waals surface area contributed by atoms with Gasteiger partial charge in [0.1, 0.15) is 28.7 Å². The zero-order chi connectivity index (χ0) is 41.1. The van der Waals surface area contributed by atoms with Gasteiger partial charge in [0.05, 0.1) is 23.5 Å². The molecule has 0 aliphatic carbocycles. The second kappa shape index (κ2) is 19.2. The molecule has 56 heavy (non-hydrogen) atoms. The maximum absolute atomic E-state index is 14.5. The van der Waals surface area contributed by atoms with E-state index in [1.165, 1.54) is 18.2 Å². The van der Waals surface area contributed by atoms with Crippen LogP contribution in [0.4, 0.5) is 22.8 Å². The van der Waals surface area contributed by atoms with E-state index in [1.807, 2.05) is 41.5 Å². The fraction of sp³-hybridized carbons (Fsp3) is 0.511. The summed E-state index contributed by atoms with van der Waals surface area (Å²) < 4.78 is 53.7. The number of amides is 2. The summed E-state index contributed by atoms with van der Waals surface area (Å²) in [4.78, 5) is 27.9. The minimum absolute atomic E-state index is 0.120. The summed E-state index contributed by atoms with van der Waals surface area (Å²) in [7, 11) is 0. The molecule has 0 bridgehead atoms. The Morgan fingerprint density at radius 3 is 1.39 bits per heavy atom. The van der Waals surface area contributed by atoms with Crippen molar-refractivity contribution < 1.29 is 32.2 Å². The zero-order valence-electron chi connectivity index (χ0n) is 33.5. The maximum atomic E-state index is 14.5. The van der Waals surface area contributed by atoms with Crippen LogP contribution in [0.2, 0.25) is 0 Å². The van der Waals surface area contributed by atoms with Crippen LogP contribution < -0.4 is 0 Å². The smallest absolute Gasteiger partial charge is 0.410 e. The van der Waals surface area contributed by atoms with Gasteiger partial charge >= 0.3 is 12.2 Å². The summed E-state index contributed by atoms with van der Waals surface area (Å²) >= 11 is 0. The number of rotatable bonds is 8. The molecule has 0 saturated carbocycles. The molecular formula is C45H55F3N4O4. The van der Waals surface area contributed by atoms with Crippen LogP contribution in [0, 0.1) is 63.3 Å². The molecule has 3 aromatic rings. The molecule has 1 atom stereocenters. The van der Waals surface area contributed by atoms with E-state index in [9.17, 15) is 33.3 Å². The quantitative estimate of drug-likeness (QED) is 0.226. The Balaban J connectivity index is 0.000000259. The van der Waals surface area contributed by atoms with E-state index >= 15 is 0 Å². The third-order valence-electron chi connectivity index (χ3n) is 10.4. The van der Waals surface area contributed by atoms with Crippen LogP contribution in [0.5, 0.6) is 0 Å². The Morgan fingerprint density at radius 2 is 1.04 bits per heavy atom. The molecule has 2 amide bonds. The lowest BCUT2D eigenvalue weighted by atomic mass is 9.65. The Kier molecular flexibility index (Phi) is 15.0. The number of hydrogen-bond donors (Lipinski definition) is 0. The van der Waals surface area contributed by atoms with Crippen LogP contribution in [0.25, 0.3) is 0 Å². The number of ether oxygens (including phenoxy) is 2. The van der Waals surface area contributed by atoms with E-state index in [0.29, 0.717) is 62.1 Å². The molecule has 2 aliphatic rings. The average molecular weight is 773 g/mol. The van der Waals surface area contributed by atoms with Crippen molar-refractivity contribution in [2.75, 3.05) is 26.2 Å². The molecule has 5 rings (SSSR count). The van der Waals surface area contributed by atoms with Crippen molar-refractivity contribution >= 4 is 12.2 Å². The van der Waals surface area contributed by atoms with Gasteiger partial charge in [-0.2, -0.15) is 10.5 Å². The topological polar surface area (TPSA) is 107 Å². The standard InChI is InChI=1S/C26H30F2N2O2.C19H25FN2O2/c1-25(2,3)32-24(31)30-14-12-21(13-15-30)26(18-29,16-19-8-4-6-10-22(19)27)17-20-9-5-7-11-23(20)28;1-19(2,3)24-18(23)22-10-8-14(9-11-22)16(13-21)12-15-6-4-5-7-17(15)20/h4-11,21H,12-17H2,1-3H3;4-7,14,16H,8-12H2,1-3H3. The van der Waals surface area contributed by atoms with E-state index < -0.39 is 16.6 Å². The molecule has 8 nitrogen and oxygen atoms in total. The highest BCUT2D eigenvalue weighted by Crippen LogP contribution is 2.42. The van der Waals surface area contributed by atoms with E-state index in [-0.39, 0.29) is 60.2 Å². The lowest BCUT2D eigenvalue weighted by Gasteiger charge is -2.41. The van der Waals surface area contributed by atoms with Crippen molar-refractivity contribution in [3.05, 3.63) is 107 Å². The molecule has 2 aliphatic heterocycles. The Bertz CT molecular complexity index is 1810. The van der Waals surface area contributed by atoms with Crippen molar-refractivity contribution in [1.29, 1.82) is 10.5 Å². The fourth-order valence-electron chi connectivity index (χ4n) is 7.46. The predicted octanol–water partition coefficient (Wildman–Crippen LogP) is 10.1. The van der Waals surface area contributed by atoms with E-state index in [4.69, 9.17) is 9.47 Å². The van der Waals surface area contributed by atoms with Crippen LogP contribution in [-0.2, 0) is 28.7 Å². The number of hydrogen-bond acceptors (Lipinski definition) is 6.